The standard InChI is InChI=1S/C13H20FNO2/c1-16-10-8-15-11-12-3-5-13(6-4-12)17-9-2-7-14/h3-6,15H,2,7-11H2,1H3. The van der Waals surface area contributed by atoms with Crippen LogP contribution in [0.2, 0.25) is 0 Å². The molecule has 1 aromatic rings. The lowest BCUT2D eigenvalue weighted by Gasteiger charge is -2.07. The van der Waals surface area contributed by atoms with Gasteiger partial charge in [-0.2, -0.15) is 0 Å². The lowest BCUT2D eigenvalue weighted by Crippen LogP contribution is -2.18. The van der Waals surface area contributed by atoms with Gasteiger partial charge >= 0.3 is 0 Å². The molecule has 1 N–H and O–H groups in total. The molecule has 0 heterocycles. The van der Waals surface area contributed by atoms with Gasteiger partial charge in [0, 0.05) is 26.6 Å². The van der Waals surface area contributed by atoms with Gasteiger partial charge in [-0.25, -0.2) is 0 Å². The minimum atomic E-state index is -0.332. The third-order valence-corrected chi connectivity index (χ3v) is 2.28. The highest BCUT2D eigenvalue weighted by molar-refractivity contribution is 5.27. The second kappa shape index (κ2) is 8.96. The minimum Gasteiger partial charge on any atom is -0.494 e. The molecule has 0 aliphatic rings. The Hall–Kier alpha value is -1.13. The number of hydrogen-bond acceptors (Lipinski definition) is 3. The topological polar surface area (TPSA) is 30.5 Å². The Morgan fingerprint density at radius 3 is 2.59 bits per heavy atom. The first-order chi connectivity index (χ1) is 8.36. The molecule has 1 aromatic carbocycles. The Balaban J connectivity index is 2.24. The second-order valence-electron chi connectivity index (χ2n) is 3.70. The van der Waals surface area contributed by atoms with E-state index in [2.05, 4.69) is 5.32 Å². The third kappa shape index (κ3) is 6.24. The van der Waals surface area contributed by atoms with E-state index in [-0.39, 0.29) is 6.67 Å². The first-order valence-corrected chi connectivity index (χ1v) is 5.84. The smallest absolute Gasteiger partial charge is 0.119 e. The molecule has 0 radical (unpaired) electrons. The molecule has 4 heteroatoms. The van der Waals surface area contributed by atoms with Crippen molar-refractivity contribution in [2.75, 3.05) is 33.5 Å². The predicted octanol–water partition coefficient (Wildman–Crippen LogP) is 2.16. The number of halogens is 1. The molecular formula is C13H20FNO2. The maximum Gasteiger partial charge on any atom is 0.119 e. The van der Waals surface area contributed by atoms with Crippen LogP contribution < -0.4 is 10.1 Å². The van der Waals surface area contributed by atoms with Crippen molar-refractivity contribution < 1.29 is 13.9 Å². The average molecular weight is 241 g/mol. The fourth-order valence-corrected chi connectivity index (χ4v) is 1.36. The number of benzene rings is 1. The van der Waals surface area contributed by atoms with Crippen LogP contribution in [0, 0.1) is 0 Å². The van der Waals surface area contributed by atoms with Crippen molar-refractivity contribution in [2.24, 2.45) is 0 Å². The molecule has 0 fully saturated rings. The van der Waals surface area contributed by atoms with Crippen LogP contribution in [0.1, 0.15) is 12.0 Å². The van der Waals surface area contributed by atoms with Crippen molar-refractivity contribution in [3.8, 4) is 5.75 Å². The normalized spacial score (nSPS) is 10.5. The molecular weight excluding hydrogens is 221 g/mol. The van der Waals surface area contributed by atoms with Crippen LogP contribution in [0.25, 0.3) is 0 Å². The number of rotatable bonds is 9. The number of alkyl halides is 1. The quantitative estimate of drug-likeness (QED) is 0.672. The molecule has 0 spiro atoms. The van der Waals surface area contributed by atoms with Crippen LogP contribution in [-0.4, -0.2) is 33.5 Å². The zero-order valence-electron chi connectivity index (χ0n) is 10.2. The number of nitrogens with one attached hydrogen (secondary N) is 1. The van der Waals surface area contributed by atoms with Crippen molar-refractivity contribution in [1.29, 1.82) is 0 Å². The molecule has 0 bridgehead atoms. The number of hydrogen-bond donors (Lipinski definition) is 1. The van der Waals surface area contributed by atoms with Gasteiger partial charge in [-0.15, -0.1) is 0 Å². The molecule has 0 aromatic heterocycles. The fourth-order valence-electron chi connectivity index (χ4n) is 1.36. The summed E-state index contributed by atoms with van der Waals surface area (Å²) in [7, 11) is 1.69. The molecule has 17 heavy (non-hydrogen) atoms. The highest BCUT2D eigenvalue weighted by Crippen LogP contribution is 2.12. The van der Waals surface area contributed by atoms with Gasteiger partial charge in [0.15, 0.2) is 0 Å². The van der Waals surface area contributed by atoms with E-state index in [1.165, 1.54) is 5.56 Å². The first kappa shape index (κ1) is 13.9. The van der Waals surface area contributed by atoms with E-state index in [0.29, 0.717) is 19.6 Å². The summed E-state index contributed by atoms with van der Waals surface area (Å²) in [6, 6.07) is 7.83. The van der Waals surface area contributed by atoms with Crippen LogP contribution in [0.4, 0.5) is 4.39 Å². The van der Waals surface area contributed by atoms with Crippen LogP contribution in [0.15, 0.2) is 24.3 Å². The van der Waals surface area contributed by atoms with E-state index >= 15 is 0 Å². The van der Waals surface area contributed by atoms with E-state index in [1.54, 1.807) is 7.11 Å². The van der Waals surface area contributed by atoms with E-state index in [9.17, 15) is 4.39 Å². The van der Waals surface area contributed by atoms with Crippen molar-refractivity contribution in [3.63, 3.8) is 0 Å². The van der Waals surface area contributed by atoms with Crippen LogP contribution in [0.5, 0.6) is 5.75 Å². The van der Waals surface area contributed by atoms with Gasteiger partial charge in [0.2, 0.25) is 0 Å². The summed E-state index contributed by atoms with van der Waals surface area (Å²) in [4.78, 5) is 0. The highest BCUT2D eigenvalue weighted by Gasteiger charge is 1.95. The molecule has 0 saturated carbocycles. The number of methoxy groups -OCH3 is 1. The summed E-state index contributed by atoms with van der Waals surface area (Å²) < 4.78 is 22.2. The molecule has 0 aliphatic heterocycles. The van der Waals surface area contributed by atoms with Crippen molar-refractivity contribution in [3.05, 3.63) is 29.8 Å². The Labute approximate surface area is 102 Å². The molecule has 3 nitrogen and oxygen atoms in total. The van der Waals surface area contributed by atoms with Gasteiger partial charge in [0.25, 0.3) is 0 Å². The first-order valence-electron chi connectivity index (χ1n) is 5.84. The Bertz CT molecular complexity index is 290. The minimum absolute atomic E-state index is 0.332. The molecule has 0 unspecified atom stereocenters. The average Bonchev–Trinajstić information content (AvgIpc) is 2.37. The Morgan fingerprint density at radius 1 is 1.18 bits per heavy atom. The summed E-state index contributed by atoms with van der Waals surface area (Å²) in [5, 5.41) is 3.26. The molecule has 96 valence electrons. The molecule has 0 saturated heterocycles. The SMILES string of the molecule is COCCNCc1ccc(OCCCF)cc1. The monoisotopic (exact) mass is 241 g/mol. The lowest BCUT2D eigenvalue weighted by molar-refractivity contribution is 0.199. The van der Waals surface area contributed by atoms with Crippen LogP contribution in [0.3, 0.4) is 0 Å². The summed E-state index contributed by atoms with van der Waals surface area (Å²) >= 11 is 0. The second-order valence-corrected chi connectivity index (χ2v) is 3.70. The molecule has 0 atom stereocenters. The molecule has 1 rings (SSSR count). The van der Waals surface area contributed by atoms with Gasteiger partial charge in [0.05, 0.1) is 19.9 Å². The molecule has 0 amide bonds. The maximum atomic E-state index is 11.9. The summed E-state index contributed by atoms with van der Waals surface area (Å²) in [6.45, 7) is 2.47. The van der Waals surface area contributed by atoms with Gasteiger partial charge in [-0.1, -0.05) is 12.1 Å². The summed E-state index contributed by atoms with van der Waals surface area (Å²) in [6.07, 6.45) is 0.445. The summed E-state index contributed by atoms with van der Waals surface area (Å²) in [5.74, 6) is 0.791. The number of ether oxygens (including phenoxy) is 2. The third-order valence-electron chi connectivity index (χ3n) is 2.28. The van der Waals surface area contributed by atoms with Gasteiger partial charge in [-0.3, -0.25) is 4.39 Å². The van der Waals surface area contributed by atoms with Crippen molar-refractivity contribution >= 4 is 0 Å². The van der Waals surface area contributed by atoms with Crippen LogP contribution in [-0.2, 0) is 11.3 Å². The zero-order valence-corrected chi connectivity index (χ0v) is 10.2. The van der Waals surface area contributed by atoms with E-state index in [1.807, 2.05) is 24.3 Å². The highest BCUT2D eigenvalue weighted by atomic mass is 19.1. The fraction of sp³-hybridized carbons (Fsp3) is 0.538. The van der Waals surface area contributed by atoms with E-state index in [4.69, 9.17) is 9.47 Å². The lowest BCUT2D eigenvalue weighted by atomic mass is 10.2. The maximum absolute atomic E-state index is 11.9. The van der Waals surface area contributed by atoms with Gasteiger partial charge < -0.3 is 14.8 Å². The Kier molecular flexibility index (Phi) is 7.34. The van der Waals surface area contributed by atoms with Crippen molar-refractivity contribution in [2.45, 2.75) is 13.0 Å². The Morgan fingerprint density at radius 2 is 1.94 bits per heavy atom. The van der Waals surface area contributed by atoms with Gasteiger partial charge in [0.1, 0.15) is 5.75 Å². The summed E-state index contributed by atoms with van der Waals surface area (Å²) in [5.41, 5.74) is 1.19. The zero-order chi connectivity index (χ0) is 12.3. The van der Waals surface area contributed by atoms with E-state index in [0.717, 1.165) is 18.8 Å². The molecule has 0 aliphatic carbocycles. The van der Waals surface area contributed by atoms with E-state index < -0.39 is 0 Å². The van der Waals surface area contributed by atoms with Crippen molar-refractivity contribution in [1.82, 2.24) is 5.32 Å². The largest absolute Gasteiger partial charge is 0.494 e. The predicted molar refractivity (Wildman–Crippen MR) is 66.1 cm³/mol. The van der Waals surface area contributed by atoms with Gasteiger partial charge in [-0.05, 0) is 17.7 Å². The van der Waals surface area contributed by atoms with Crippen LogP contribution >= 0.6 is 0 Å².